The second-order valence-corrected chi connectivity index (χ2v) is 2.68. The van der Waals surface area contributed by atoms with Gasteiger partial charge in [-0.1, -0.05) is 0 Å². The molecule has 0 fully saturated rings. The molecular formula is C8H7ClFNO2. The van der Waals surface area contributed by atoms with Crippen LogP contribution in [-0.2, 0) is 0 Å². The summed E-state index contributed by atoms with van der Waals surface area (Å²) < 4.78 is 13.0. The van der Waals surface area contributed by atoms with Crippen LogP contribution in [0.25, 0.3) is 0 Å². The van der Waals surface area contributed by atoms with E-state index < -0.39 is 11.6 Å². The highest BCUT2D eigenvalue weighted by Gasteiger charge is 2.16. The van der Waals surface area contributed by atoms with E-state index in [1.807, 2.05) is 0 Å². The number of carbonyl (C=O) groups excluding carboxylic acids is 1. The molecule has 0 atom stereocenters. The van der Waals surface area contributed by atoms with Crippen LogP contribution in [-0.4, -0.2) is 16.8 Å². The van der Waals surface area contributed by atoms with E-state index in [-0.39, 0.29) is 22.9 Å². The molecule has 0 unspecified atom stereocenters. The van der Waals surface area contributed by atoms with Gasteiger partial charge in [-0.25, -0.2) is 4.39 Å². The van der Waals surface area contributed by atoms with Gasteiger partial charge in [0.15, 0.2) is 5.78 Å². The van der Waals surface area contributed by atoms with Crippen LogP contribution < -0.4 is 5.73 Å². The second-order valence-electron chi connectivity index (χ2n) is 2.41. The van der Waals surface area contributed by atoms with Gasteiger partial charge in [0, 0.05) is 0 Å². The van der Waals surface area contributed by atoms with Gasteiger partial charge in [0.1, 0.15) is 11.6 Å². The van der Waals surface area contributed by atoms with Crippen molar-refractivity contribution in [2.75, 3.05) is 11.6 Å². The van der Waals surface area contributed by atoms with Crippen LogP contribution in [0.2, 0.25) is 0 Å². The van der Waals surface area contributed by atoms with Gasteiger partial charge in [0.25, 0.3) is 0 Å². The van der Waals surface area contributed by atoms with Gasteiger partial charge in [-0.2, -0.15) is 0 Å². The fourth-order valence-electron chi connectivity index (χ4n) is 0.932. The van der Waals surface area contributed by atoms with E-state index in [1.165, 1.54) is 0 Å². The number of hydrogen-bond donors (Lipinski definition) is 2. The van der Waals surface area contributed by atoms with E-state index >= 15 is 0 Å². The summed E-state index contributed by atoms with van der Waals surface area (Å²) in [6.07, 6.45) is 0. The van der Waals surface area contributed by atoms with Crippen molar-refractivity contribution in [1.29, 1.82) is 0 Å². The summed E-state index contributed by atoms with van der Waals surface area (Å²) in [7, 11) is 0. The fourth-order valence-corrected chi connectivity index (χ4v) is 1.07. The number of nitrogen functional groups attached to an aromatic ring is 1. The highest BCUT2D eigenvalue weighted by molar-refractivity contribution is 6.31. The summed E-state index contributed by atoms with van der Waals surface area (Å²) in [5.41, 5.74) is 4.67. The van der Waals surface area contributed by atoms with E-state index in [4.69, 9.17) is 22.4 Å². The quantitative estimate of drug-likeness (QED) is 0.332. The zero-order valence-corrected chi connectivity index (χ0v) is 7.31. The molecule has 0 saturated heterocycles. The number of Topliss-reactive ketones (excluding diaryl/α,β-unsaturated/α-hetero) is 1. The van der Waals surface area contributed by atoms with Gasteiger partial charge in [0.2, 0.25) is 0 Å². The molecule has 3 N–H and O–H groups in total. The first-order valence-corrected chi connectivity index (χ1v) is 3.97. The molecule has 0 bridgehead atoms. The van der Waals surface area contributed by atoms with Crippen LogP contribution in [0.1, 0.15) is 10.4 Å². The molecule has 0 heterocycles. The van der Waals surface area contributed by atoms with Crippen molar-refractivity contribution in [1.82, 2.24) is 0 Å². The lowest BCUT2D eigenvalue weighted by Gasteiger charge is -2.05. The highest BCUT2D eigenvalue weighted by Crippen LogP contribution is 2.26. The van der Waals surface area contributed by atoms with E-state index in [1.54, 1.807) is 0 Å². The molecule has 13 heavy (non-hydrogen) atoms. The lowest BCUT2D eigenvalue weighted by molar-refractivity contribution is 0.101. The summed E-state index contributed by atoms with van der Waals surface area (Å²) in [5.74, 6) is -2.12. The van der Waals surface area contributed by atoms with Crippen LogP contribution >= 0.6 is 11.6 Å². The third-order valence-electron chi connectivity index (χ3n) is 1.57. The Hall–Kier alpha value is -1.29. The topological polar surface area (TPSA) is 63.3 Å². The Kier molecular flexibility index (Phi) is 2.72. The number of benzene rings is 1. The van der Waals surface area contributed by atoms with Crippen LogP contribution in [0.15, 0.2) is 12.1 Å². The summed E-state index contributed by atoms with van der Waals surface area (Å²) in [4.78, 5) is 11.0. The summed E-state index contributed by atoms with van der Waals surface area (Å²) >= 11 is 5.23. The Balaban J connectivity index is 3.33. The Morgan fingerprint density at radius 1 is 1.62 bits per heavy atom. The fraction of sp³-hybridized carbons (Fsp3) is 0.125. The predicted molar refractivity (Wildman–Crippen MR) is 47.5 cm³/mol. The van der Waals surface area contributed by atoms with Crippen molar-refractivity contribution in [2.45, 2.75) is 0 Å². The van der Waals surface area contributed by atoms with Gasteiger partial charge >= 0.3 is 0 Å². The smallest absolute Gasteiger partial charge is 0.182 e. The standard InChI is InChI=1S/C8H7ClFNO2/c9-3-6(13)7-4(10)1-2-5(12)8(7)11/h1-2,12H,3,11H2. The normalized spacial score (nSPS) is 10.0. The SMILES string of the molecule is Nc1c(O)ccc(F)c1C(=O)CCl. The molecule has 1 aromatic rings. The van der Waals surface area contributed by atoms with Crippen LogP contribution in [0, 0.1) is 5.82 Å². The molecule has 0 aliphatic rings. The van der Waals surface area contributed by atoms with Crippen molar-refractivity contribution in [3.8, 4) is 5.75 Å². The number of halogens is 2. The maximum atomic E-state index is 13.0. The molecule has 0 aromatic heterocycles. The van der Waals surface area contributed by atoms with Crippen LogP contribution in [0.5, 0.6) is 5.75 Å². The minimum atomic E-state index is -0.777. The number of hydrogen-bond acceptors (Lipinski definition) is 3. The van der Waals surface area contributed by atoms with Gasteiger partial charge in [-0.3, -0.25) is 4.79 Å². The molecular weight excluding hydrogens is 197 g/mol. The first kappa shape index (κ1) is 9.80. The van der Waals surface area contributed by atoms with Crippen molar-refractivity contribution in [2.24, 2.45) is 0 Å². The van der Waals surface area contributed by atoms with E-state index in [0.717, 1.165) is 12.1 Å². The molecule has 0 spiro atoms. The largest absolute Gasteiger partial charge is 0.506 e. The molecule has 1 aromatic carbocycles. The minimum absolute atomic E-state index is 0.273. The first-order valence-electron chi connectivity index (χ1n) is 3.44. The summed E-state index contributed by atoms with van der Waals surface area (Å²) in [6, 6.07) is 2.04. The first-order chi connectivity index (χ1) is 6.07. The van der Waals surface area contributed by atoms with Gasteiger partial charge < -0.3 is 10.8 Å². The second kappa shape index (κ2) is 3.62. The number of aromatic hydroxyl groups is 1. The third-order valence-corrected chi connectivity index (χ3v) is 1.81. The van der Waals surface area contributed by atoms with Crippen LogP contribution in [0.4, 0.5) is 10.1 Å². The number of ketones is 1. The number of phenols is 1. The van der Waals surface area contributed by atoms with Gasteiger partial charge in [0.05, 0.1) is 17.1 Å². The van der Waals surface area contributed by atoms with E-state index in [2.05, 4.69) is 0 Å². The number of carbonyl (C=O) groups is 1. The molecule has 0 aliphatic heterocycles. The molecule has 70 valence electrons. The molecule has 5 heteroatoms. The number of nitrogens with two attached hydrogens (primary N) is 1. The Morgan fingerprint density at radius 3 is 2.77 bits per heavy atom. The van der Waals surface area contributed by atoms with Crippen LogP contribution in [0.3, 0.4) is 0 Å². The number of anilines is 1. The lowest BCUT2D eigenvalue weighted by atomic mass is 10.1. The number of rotatable bonds is 2. The van der Waals surface area contributed by atoms with Gasteiger partial charge in [-0.15, -0.1) is 11.6 Å². The van der Waals surface area contributed by atoms with Crippen molar-refractivity contribution in [3.63, 3.8) is 0 Å². The monoisotopic (exact) mass is 203 g/mol. The highest BCUT2D eigenvalue weighted by atomic mass is 35.5. The molecule has 0 amide bonds. The Bertz CT molecular complexity index is 354. The van der Waals surface area contributed by atoms with Gasteiger partial charge in [-0.05, 0) is 12.1 Å². The third kappa shape index (κ3) is 1.72. The number of alkyl halides is 1. The predicted octanol–water partition coefficient (Wildman–Crippen LogP) is 1.53. The summed E-state index contributed by atoms with van der Waals surface area (Å²) in [5, 5.41) is 9.08. The van der Waals surface area contributed by atoms with E-state index in [9.17, 15) is 9.18 Å². The lowest BCUT2D eigenvalue weighted by Crippen LogP contribution is -2.08. The Morgan fingerprint density at radius 2 is 2.23 bits per heavy atom. The molecule has 0 saturated carbocycles. The molecule has 3 nitrogen and oxygen atoms in total. The van der Waals surface area contributed by atoms with Crippen molar-refractivity contribution < 1.29 is 14.3 Å². The zero-order chi connectivity index (χ0) is 10.0. The van der Waals surface area contributed by atoms with E-state index in [0.29, 0.717) is 0 Å². The zero-order valence-electron chi connectivity index (χ0n) is 6.55. The molecule has 0 aliphatic carbocycles. The number of phenolic OH excluding ortho intramolecular Hbond substituents is 1. The average Bonchev–Trinajstić information content (AvgIpc) is 2.12. The summed E-state index contributed by atoms with van der Waals surface area (Å²) in [6.45, 7) is 0. The van der Waals surface area contributed by atoms with Crippen molar-refractivity contribution >= 4 is 23.1 Å². The maximum Gasteiger partial charge on any atom is 0.182 e. The minimum Gasteiger partial charge on any atom is -0.506 e. The van der Waals surface area contributed by atoms with Crippen molar-refractivity contribution in [3.05, 3.63) is 23.5 Å². The Labute approximate surface area is 78.9 Å². The average molecular weight is 204 g/mol. The maximum absolute atomic E-state index is 13.0. The molecule has 0 radical (unpaired) electrons. The molecule has 1 rings (SSSR count).